The zero-order valence-electron chi connectivity index (χ0n) is 9.82. The second-order valence-corrected chi connectivity index (χ2v) is 3.89. The number of carboxylic acid groups (broad SMARTS) is 1. The molecule has 5 heteroatoms. The summed E-state index contributed by atoms with van der Waals surface area (Å²) in [5.41, 5.74) is 0.969. The molecule has 0 unspecified atom stereocenters. The molecule has 1 aromatic heterocycles. The molecule has 0 aliphatic rings. The molecule has 1 heterocycles. The SMILES string of the molecule is Cc1ccnc(NCCN(C)C)c1C(=O)O. The number of carbonyl (C=O) groups is 1. The number of rotatable bonds is 5. The van der Waals surface area contributed by atoms with Crippen molar-refractivity contribution in [1.29, 1.82) is 0 Å². The molecule has 0 spiro atoms. The summed E-state index contributed by atoms with van der Waals surface area (Å²) >= 11 is 0. The minimum absolute atomic E-state index is 0.251. The van der Waals surface area contributed by atoms with E-state index >= 15 is 0 Å². The number of anilines is 1. The fourth-order valence-corrected chi connectivity index (χ4v) is 1.36. The lowest BCUT2D eigenvalue weighted by molar-refractivity contribution is 0.0697. The zero-order valence-corrected chi connectivity index (χ0v) is 9.82. The normalized spacial score (nSPS) is 10.5. The summed E-state index contributed by atoms with van der Waals surface area (Å²) < 4.78 is 0. The Morgan fingerprint density at radius 2 is 2.25 bits per heavy atom. The number of hydrogen-bond acceptors (Lipinski definition) is 4. The van der Waals surface area contributed by atoms with E-state index in [9.17, 15) is 4.79 Å². The Hall–Kier alpha value is -1.62. The van der Waals surface area contributed by atoms with Crippen LogP contribution in [0.1, 0.15) is 15.9 Å². The van der Waals surface area contributed by atoms with Crippen molar-refractivity contribution < 1.29 is 9.90 Å². The molecule has 0 atom stereocenters. The summed E-state index contributed by atoms with van der Waals surface area (Å²) in [6.45, 7) is 3.26. The van der Waals surface area contributed by atoms with Gasteiger partial charge >= 0.3 is 5.97 Å². The minimum atomic E-state index is -0.946. The first-order chi connectivity index (χ1) is 7.52. The van der Waals surface area contributed by atoms with Crippen LogP contribution in [0.2, 0.25) is 0 Å². The van der Waals surface area contributed by atoms with E-state index in [-0.39, 0.29) is 5.56 Å². The first kappa shape index (κ1) is 12.4. The monoisotopic (exact) mass is 223 g/mol. The van der Waals surface area contributed by atoms with E-state index in [1.165, 1.54) is 0 Å². The van der Waals surface area contributed by atoms with Gasteiger partial charge in [-0.25, -0.2) is 9.78 Å². The van der Waals surface area contributed by atoms with Gasteiger partial charge in [0, 0.05) is 19.3 Å². The molecule has 0 aliphatic carbocycles. The van der Waals surface area contributed by atoms with Crippen LogP contribution in [0.15, 0.2) is 12.3 Å². The Kier molecular flexibility index (Phi) is 4.25. The maximum absolute atomic E-state index is 11.0. The number of carboxylic acids is 1. The van der Waals surface area contributed by atoms with Gasteiger partial charge in [-0.3, -0.25) is 0 Å². The summed E-state index contributed by atoms with van der Waals surface area (Å²) in [6, 6.07) is 1.70. The predicted octanol–water partition coefficient (Wildman–Crippen LogP) is 1.06. The van der Waals surface area contributed by atoms with Crippen molar-refractivity contribution in [1.82, 2.24) is 9.88 Å². The average Bonchev–Trinajstić information content (AvgIpc) is 2.16. The van der Waals surface area contributed by atoms with Crippen LogP contribution in [0, 0.1) is 6.92 Å². The van der Waals surface area contributed by atoms with Gasteiger partial charge in [0.15, 0.2) is 0 Å². The lowest BCUT2D eigenvalue weighted by atomic mass is 10.1. The van der Waals surface area contributed by atoms with E-state index in [1.54, 1.807) is 19.2 Å². The van der Waals surface area contributed by atoms with Crippen LogP contribution in [0.5, 0.6) is 0 Å². The van der Waals surface area contributed by atoms with Crippen molar-refractivity contribution in [2.24, 2.45) is 0 Å². The first-order valence-electron chi connectivity index (χ1n) is 5.10. The molecule has 0 radical (unpaired) electrons. The molecule has 1 aromatic rings. The maximum atomic E-state index is 11.0. The maximum Gasteiger partial charge on any atom is 0.339 e. The van der Waals surface area contributed by atoms with Crippen LogP contribution in [0.3, 0.4) is 0 Å². The van der Waals surface area contributed by atoms with Crippen molar-refractivity contribution in [2.45, 2.75) is 6.92 Å². The zero-order chi connectivity index (χ0) is 12.1. The summed E-state index contributed by atoms with van der Waals surface area (Å²) in [5.74, 6) is -0.507. The molecule has 0 aliphatic heterocycles. The first-order valence-corrected chi connectivity index (χ1v) is 5.10. The summed E-state index contributed by atoms with van der Waals surface area (Å²) in [4.78, 5) is 17.1. The van der Waals surface area contributed by atoms with Crippen molar-refractivity contribution in [3.8, 4) is 0 Å². The average molecular weight is 223 g/mol. The van der Waals surface area contributed by atoms with Crippen LogP contribution in [0.4, 0.5) is 5.82 Å². The lowest BCUT2D eigenvalue weighted by Crippen LogP contribution is -2.22. The van der Waals surface area contributed by atoms with Crippen LogP contribution in [0.25, 0.3) is 0 Å². The number of pyridine rings is 1. The minimum Gasteiger partial charge on any atom is -0.478 e. The third kappa shape index (κ3) is 3.20. The summed E-state index contributed by atoms with van der Waals surface area (Å²) in [5, 5.41) is 12.1. The second-order valence-electron chi connectivity index (χ2n) is 3.89. The van der Waals surface area contributed by atoms with Gasteiger partial charge in [-0.15, -0.1) is 0 Å². The number of nitrogens with zero attached hydrogens (tertiary/aromatic N) is 2. The standard InChI is InChI=1S/C11H17N3O2/c1-8-4-5-12-10(9(8)11(15)16)13-6-7-14(2)3/h4-5H,6-7H2,1-3H3,(H,12,13)(H,15,16). The highest BCUT2D eigenvalue weighted by Crippen LogP contribution is 2.15. The van der Waals surface area contributed by atoms with Crippen LogP contribution < -0.4 is 5.32 Å². The molecule has 0 fully saturated rings. The van der Waals surface area contributed by atoms with Gasteiger partial charge in [-0.2, -0.15) is 0 Å². The Labute approximate surface area is 95.1 Å². The van der Waals surface area contributed by atoms with Crippen molar-refractivity contribution in [2.75, 3.05) is 32.5 Å². The number of aromatic carboxylic acids is 1. The highest BCUT2D eigenvalue weighted by atomic mass is 16.4. The Bertz CT molecular complexity index is 377. The highest BCUT2D eigenvalue weighted by Gasteiger charge is 2.13. The summed E-state index contributed by atoms with van der Waals surface area (Å²) in [7, 11) is 3.92. The van der Waals surface area contributed by atoms with Crippen molar-refractivity contribution in [3.05, 3.63) is 23.4 Å². The second kappa shape index (κ2) is 5.46. The predicted molar refractivity (Wildman–Crippen MR) is 63.0 cm³/mol. The number of likely N-dealkylation sites (N-methyl/N-ethyl adjacent to an activating group) is 1. The van der Waals surface area contributed by atoms with E-state index in [0.717, 1.165) is 12.1 Å². The van der Waals surface area contributed by atoms with Crippen LogP contribution in [-0.2, 0) is 0 Å². The molecule has 0 bridgehead atoms. The van der Waals surface area contributed by atoms with Gasteiger partial charge in [0.05, 0.1) is 0 Å². The van der Waals surface area contributed by atoms with Crippen molar-refractivity contribution >= 4 is 11.8 Å². The Morgan fingerprint density at radius 3 is 2.81 bits per heavy atom. The number of aryl methyl sites for hydroxylation is 1. The van der Waals surface area contributed by atoms with Gasteiger partial charge in [-0.1, -0.05) is 0 Å². The largest absolute Gasteiger partial charge is 0.478 e. The number of aromatic nitrogens is 1. The van der Waals surface area contributed by atoms with E-state index < -0.39 is 5.97 Å². The molecule has 0 aromatic carbocycles. The van der Waals surface area contributed by atoms with E-state index in [4.69, 9.17) is 5.11 Å². The van der Waals surface area contributed by atoms with E-state index in [1.807, 2.05) is 19.0 Å². The molecule has 16 heavy (non-hydrogen) atoms. The smallest absolute Gasteiger partial charge is 0.339 e. The molecule has 0 saturated carbocycles. The molecular weight excluding hydrogens is 206 g/mol. The van der Waals surface area contributed by atoms with Gasteiger partial charge in [-0.05, 0) is 32.6 Å². The van der Waals surface area contributed by atoms with Gasteiger partial charge in [0.25, 0.3) is 0 Å². The summed E-state index contributed by atoms with van der Waals surface area (Å²) in [6.07, 6.45) is 1.61. The third-order valence-corrected chi connectivity index (χ3v) is 2.22. The van der Waals surface area contributed by atoms with Gasteiger partial charge < -0.3 is 15.3 Å². The quantitative estimate of drug-likeness (QED) is 0.781. The van der Waals surface area contributed by atoms with Gasteiger partial charge in [0.2, 0.25) is 0 Å². The third-order valence-electron chi connectivity index (χ3n) is 2.22. The topological polar surface area (TPSA) is 65.5 Å². The van der Waals surface area contributed by atoms with Crippen LogP contribution in [-0.4, -0.2) is 48.1 Å². The molecule has 5 nitrogen and oxygen atoms in total. The van der Waals surface area contributed by atoms with Gasteiger partial charge in [0.1, 0.15) is 11.4 Å². The lowest BCUT2D eigenvalue weighted by Gasteiger charge is -2.13. The Morgan fingerprint density at radius 1 is 1.56 bits per heavy atom. The fraction of sp³-hybridized carbons (Fsp3) is 0.455. The highest BCUT2D eigenvalue weighted by molar-refractivity contribution is 5.94. The fourth-order valence-electron chi connectivity index (χ4n) is 1.36. The van der Waals surface area contributed by atoms with E-state index in [0.29, 0.717) is 12.4 Å². The number of nitrogens with one attached hydrogen (secondary N) is 1. The molecule has 0 saturated heterocycles. The Balaban J connectivity index is 2.79. The van der Waals surface area contributed by atoms with Crippen molar-refractivity contribution in [3.63, 3.8) is 0 Å². The number of hydrogen-bond donors (Lipinski definition) is 2. The molecular formula is C11H17N3O2. The van der Waals surface area contributed by atoms with E-state index in [2.05, 4.69) is 10.3 Å². The molecule has 0 amide bonds. The van der Waals surface area contributed by atoms with Crippen LogP contribution >= 0.6 is 0 Å². The molecule has 88 valence electrons. The molecule has 1 rings (SSSR count). The molecule has 2 N–H and O–H groups in total.